The number of aryl methyl sites for hydroxylation is 1. The van der Waals surface area contributed by atoms with Gasteiger partial charge in [0.25, 0.3) is 5.91 Å². The van der Waals surface area contributed by atoms with E-state index in [1.54, 1.807) is 49.4 Å². The van der Waals surface area contributed by atoms with Gasteiger partial charge in [0.2, 0.25) is 11.2 Å². The summed E-state index contributed by atoms with van der Waals surface area (Å²) in [6.07, 6.45) is 0.415. The largest absolute Gasteiger partial charge is 0.497 e. The van der Waals surface area contributed by atoms with E-state index >= 15 is 0 Å². The lowest BCUT2D eigenvalue weighted by molar-refractivity contribution is 0.0941. The second kappa shape index (κ2) is 8.07. The molecule has 9 heteroatoms. The van der Waals surface area contributed by atoms with Crippen LogP contribution in [0.2, 0.25) is 0 Å². The van der Waals surface area contributed by atoms with Crippen LogP contribution in [0.3, 0.4) is 0 Å². The van der Waals surface area contributed by atoms with E-state index in [0.29, 0.717) is 40.2 Å². The minimum atomic E-state index is -3.07. The molecule has 2 aromatic carbocycles. The topological polar surface area (TPSA) is 112 Å². The number of hydrogen-bond acceptors (Lipinski definition) is 7. The summed E-state index contributed by atoms with van der Waals surface area (Å²) in [5.41, 5.74) is 0.451. The highest BCUT2D eigenvalue weighted by molar-refractivity contribution is 7.91. The van der Waals surface area contributed by atoms with Gasteiger partial charge in [-0.3, -0.25) is 9.59 Å². The van der Waals surface area contributed by atoms with Crippen molar-refractivity contribution in [3.8, 4) is 17.2 Å². The molecule has 1 aromatic heterocycles. The van der Waals surface area contributed by atoms with Crippen LogP contribution in [-0.2, 0) is 9.84 Å². The van der Waals surface area contributed by atoms with E-state index < -0.39 is 9.84 Å². The average Bonchev–Trinajstić information content (AvgIpc) is 3.09. The number of methoxy groups -OCH3 is 1. The molecule has 4 rings (SSSR count). The zero-order valence-corrected chi connectivity index (χ0v) is 17.8. The zero-order chi connectivity index (χ0) is 22.2. The summed E-state index contributed by atoms with van der Waals surface area (Å²) in [5.74, 6) is 1.01. The first-order valence-electron chi connectivity index (χ1n) is 9.66. The predicted molar refractivity (Wildman–Crippen MR) is 115 cm³/mol. The third-order valence-electron chi connectivity index (χ3n) is 5.13. The monoisotopic (exact) mass is 443 g/mol. The predicted octanol–water partition coefficient (Wildman–Crippen LogP) is 2.82. The van der Waals surface area contributed by atoms with E-state index in [1.165, 1.54) is 7.11 Å². The molecule has 31 heavy (non-hydrogen) atoms. The number of fused-ring (bicyclic) bond motifs is 1. The number of benzene rings is 2. The van der Waals surface area contributed by atoms with E-state index in [2.05, 4.69) is 5.32 Å². The van der Waals surface area contributed by atoms with E-state index in [1.807, 2.05) is 0 Å². The molecular formula is C22H21NO7S. The molecule has 0 radical (unpaired) electrons. The van der Waals surface area contributed by atoms with Crippen molar-refractivity contribution in [3.05, 3.63) is 64.0 Å². The van der Waals surface area contributed by atoms with Crippen LogP contribution in [0.15, 0.2) is 51.7 Å². The van der Waals surface area contributed by atoms with Crippen molar-refractivity contribution in [2.45, 2.75) is 19.4 Å². The average molecular weight is 443 g/mol. The number of rotatable bonds is 5. The van der Waals surface area contributed by atoms with Crippen LogP contribution >= 0.6 is 0 Å². The molecule has 1 aliphatic rings. The highest BCUT2D eigenvalue weighted by Crippen LogP contribution is 2.27. The Morgan fingerprint density at radius 2 is 1.84 bits per heavy atom. The van der Waals surface area contributed by atoms with Crippen LogP contribution in [0.4, 0.5) is 0 Å². The number of sulfone groups is 1. The highest BCUT2D eigenvalue weighted by atomic mass is 32.2. The van der Waals surface area contributed by atoms with E-state index in [4.69, 9.17) is 13.9 Å². The molecule has 3 aromatic rings. The van der Waals surface area contributed by atoms with Gasteiger partial charge < -0.3 is 19.2 Å². The summed E-state index contributed by atoms with van der Waals surface area (Å²) < 4.78 is 39.7. The summed E-state index contributed by atoms with van der Waals surface area (Å²) in [4.78, 5) is 25.2. The maximum atomic E-state index is 12.8. The Balaban J connectivity index is 1.52. The van der Waals surface area contributed by atoms with Crippen molar-refractivity contribution < 1.29 is 27.1 Å². The third-order valence-corrected chi connectivity index (χ3v) is 6.89. The fourth-order valence-corrected chi connectivity index (χ4v) is 5.16. The van der Waals surface area contributed by atoms with Gasteiger partial charge in [-0.2, -0.15) is 0 Å². The molecule has 0 aliphatic carbocycles. The van der Waals surface area contributed by atoms with Crippen LogP contribution in [0.1, 0.15) is 22.5 Å². The summed E-state index contributed by atoms with van der Waals surface area (Å²) in [6, 6.07) is 10.8. The number of carbonyl (C=O) groups excluding carboxylic acids is 1. The molecule has 1 amide bonds. The van der Waals surface area contributed by atoms with Gasteiger partial charge in [-0.15, -0.1) is 0 Å². The summed E-state index contributed by atoms with van der Waals surface area (Å²) >= 11 is 0. The molecule has 1 atom stereocenters. The van der Waals surface area contributed by atoms with Gasteiger partial charge in [-0.1, -0.05) is 0 Å². The fourth-order valence-electron chi connectivity index (χ4n) is 3.48. The third kappa shape index (κ3) is 4.41. The second-order valence-electron chi connectivity index (χ2n) is 7.38. The molecule has 1 aliphatic heterocycles. The number of amides is 1. The second-order valence-corrected chi connectivity index (χ2v) is 9.61. The smallest absolute Gasteiger partial charge is 0.251 e. The number of ether oxygens (including phenoxy) is 2. The SMILES string of the molecule is COc1ccc2c(=O)c(Oc3ccc(C(=O)N[C@H]4CCS(=O)(=O)C4)cc3)c(C)oc2c1. The van der Waals surface area contributed by atoms with Crippen molar-refractivity contribution in [2.75, 3.05) is 18.6 Å². The van der Waals surface area contributed by atoms with Crippen LogP contribution in [0.25, 0.3) is 11.0 Å². The minimum absolute atomic E-state index is 0.0389. The van der Waals surface area contributed by atoms with Crippen molar-refractivity contribution >= 4 is 26.7 Å². The lowest BCUT2D eigenvalue weighted by Gasteiger charge is -2.12. The maximum absolute atomic E-state index is 12.8. The first-order chi connectivity index (χ1) is 14.8. The summed E-state index contributed by atoms with van der Waals surface area (Å²) in [7, 11) is -1.54. The first-order valence-corrected chi connectivity index (χ1v) is 11.5. The molecule has 2 heterocycles. The molecule has 0 saturated carbocycles. The molecule has 8 nitrogen and oxygen atoms in total. The molecule has 0 bridgehead atoms. The molecule has 1 saturated heterocycles. The van der Waals surface area contributed by atoms with Gasteiger partial charge >= 0.3 is 0 Å². The Morgan fingerprint density at radius 3 is 2.48 bits per heavy atom. The molecule has 1 fully saturated rings. The standard InChI is InChI=1S/C22H21NO7S/c1-13-21(20(24)18-8-7-17(28-2)11-19(18)29-13)30-16-5-3-14(4-6-16)22(25)23-15-9-10-31(26,27)12-15/h3-8,11,15H,9-10,12H2,1-2H3,(H,23,25)/t15-/m0/s1. The Bertz CT molecular complexity index is 1310. The van der Waals surface area contributed by atoms with Gasteiger partial charge in [0.15, 0.2) is 9.84 Å². The molecule has 162 valence electrons. The molecule has 0 unspecified atom stereocenters. The molecule has 1 N–H and O–H groups in total. The quantitative estimate of drug-likeness (QED) is 0.645. The lowest BCUT2D eigenvalue weighted by Crippen LogP contribution is -2.35. The molecule has 0 spiro atoms. The number of nitrogens with one attached hydrogen (secondary N) is 1. The zero-order valence-electron chi connectivity index (χ0n) is 17.0. The van der Waals surface area contributed by atoms with Crippen LogP contribution < -0.4 is 20.2 Å². The van der Waals surface area contributed by atoms with Gasteiger partial charge in [-0.25, -0.2) is 8.42 Å². The van der Waals surface area contributed by atoms with Crippen molar-refractivity contribution in [1.29, 1.82) is 0 Å². The van der Waals surface area contributed by atoms with Gasteiger partial charge in [0.1, 0.15) is 22.8 Å². The van der Waals surface area contributed by atoms with Gasteiger partial charge in [0, 0.05) is 17.7 Å². The van der Waals surface area contributed by atoms with Crippen molar-refractivity contribution in [3.63, 3.8) is 0 Å². The van der Waals surface area contributed by atoms with E-state index in [0.717, 1.165) is 0 Å². The Hall–Kier alpha value is -3.33. The van der Waals surface area contributed by atoms with Crippen molar-refractivity contribution in [2.24, 2.45) is 0 Å². The summed E-state index contributed by atoms with van der Waals surface area (Å²) in [5, 5.41) is 3.10. The number of carbonyl (C=O) groups is 1. The van der Waals surface area contributed by atoms with Crippen LogP contribution in [-0.4, -0.2) is 39.0 Å². The fraction of sp³-hybridized carbons (Fsp3) is 0.273. The van der Waals surface area contributed by atoms with Gasteiger partial charge in [0.05, 0.1) is 24.0 Å². The van der Waals surface area contributed by atoms with Crippen molar-refractivity contribution in [1.82, 2.24) is 5.32 Å². The molecular weight excluding hydrogens is 422 g/mol. The van der Waals surface area contributed by atoms with Crippen LogP contribution in [0.5, 0.6) is 17.2 Å². The van der Waals surface area contributed by atoms with Crippen LogP contribution in [0, 0.1) is 6.92 Å². The normalized spacial score (nSPS) is 17.4. The first kappa shape index (κ1) is 20.9. The highest BCUT2D eigenvalue weighted by Gasteiger charge is 2.29. The number of hydrogen-bond donors (Lipinski definition) is 1. The Labute approximate surface area is 178 Å². The Kier molecular flexibility index (Phi) is 5.45. The lowest BCUT2D eigenvalue weighted by atomic mass is 10.1. The Morgan fingerprint density at radius 1 is 1.13 bits per heavy atom. The minimum Gasteiger partial charge on any atom is -0.497 e. The van der Waals surface area contributed by atoms with E-state index in [9.17, 15) is 18.0 Å². The van der Waals surface area contributed by atoms with Gasteiger partial charge in [-0.05, 0) is 49.7 Å². The van der Waals surface area contributed by atoms with E-state index in [-0.39, 0.29) is 34.6 Å². The maximum Gasteiger partial charge on any atom is 0.251 e. The summed E-state index contributed by atoms with van der Waals surface area (Å²) in [6.45, 7) is 1.63.